The summed E-state index contributed by atoms with van der Waals surface area (Å²) in [5, 5.41) is 4.24. The van der Waals surface area contributed by atoms with Crippen molar-refractivity contribution in [1.29, 1.82) is 0 Å². The number of benzene rings is 1. The van der Waals surface area contributed by atoms with Crippen LogP contribution in [-0.2, 0) is 14.9 Å². The number of amides is 1. The van der Waals surface area contributed by atoms with Crippen molar-refractivity contribution in [3.05, 3.63) is 45.9 Å². The van der Waals surface area contributed by atoms with Crippen molar-refractivity contribution in [2.75, 3.05) is 18.5 Å². The Balaban J connectivity index is 1.93. The Morgan fingerprint density at radius 1 is 1.41 bits per heavy atom. The highest BCUT2D eigenvalue weighted by atomic mass is 35.5. The number of thiazole rings is 1. The zero-order chi connectivity index (χ0) is 15.6. The largest absolute Gasteiger partial charge is 0.381 e. The van der Waals surface area contributed by atoms with Crippen molar-refractivity contribution in [2.24, 2.45) is 0 Å². The van der Waals surface area contributed by atoms with Gasteiger partial charge in [-0.15, -0.1) is 11.3 Å². The van der Waals surface area contributed by atoms with Gasteiger partial charge in [0.15, 0.2) is 5.13 Å². The summed E-state index contributed by atoms with van der Waals surface area (Å²) in [6.45, 7) is 3.10. The number of nitrogens with one attached hydrogen (secondary N) is 1. The fourth-order valence-electron chi connectivity index (χ4n) is 2.78. The summed E-state index contributed by atoms with van der Waals surface area (Å²) in [5.41, 5.74) is 0.331. The summed E-state index contributed by atoms with van der Waals surface area (Å²) in [7, 11) is 0. The van der Waals surface area contributed by atoms with Gasteiger partial charge in [-0.1, -0.05) is 23.7 Å². The molecule has 2 heterocycles. The summed E-state index contributed by atoms with van der Waals surface area (Å²) in [5.74, 6) is -0.0348. The van der Waals surface area contributed by atoms with Gasteiger partial charge in [0.05, 0.1) is 5.41 Å². The molecule has 0 spiro atoms. The van der Waals surface area contributed by atoms with Crippen LogP contribution < -0.4 is 5.32 Å². The molecule has 1 amide bonds. The number of hydrogen-bond donors (Lipinski definition) is 1. The predicted molar refractivity (Wildman–Crippen MR) is 88.7 cm³/mol. The first-order valence-corrected chi connectivity index (χ1v) is 8.37. The molecule has 1 aromatic heterocycles. The number of carbonyl (C=O) groups excluding carboxylic acids is 1. The molecule has 0 radical (unpaired) electrons. The van der Waals surface area contributed by atoms with E-state index >= 15 is 0 Å². The fourth-order valence-corrected chi connectivity index (χ4v) is 3.63. The van der Waals surface area contributed by atoms with E-state index in [0.717, 1.165) is 10.4 Å². The van der Waals surface area contributed by atoms with Gasteiger partial charge in [-0.05, 0) is 37.5 Å². The van der Waals surface area contributed by atoms with Crippen molar-refractivity contribution in [2.45, 2.75) is 25.2 Å². The van der Waals surface area contributed by atoms with E-state index in [-0.39, 0.29) is 5.91 Å². The lowest BCUT2D eigenvalue weighted by molar-refractivity contribution is -0.125. The van der Waals surface area contributed by atoms with Gasteiger partial charge in [0.25, 0.3) is 0 Å². The van der Waals surface area contributed by atoms with Crippen LogP contribution in [0.25, 0.3) is 0 Å². The average Bonchev–Trinajstić information content (AvgIpc) is 2.93. The van der Waals surface area contributed by atoms with Gasteiger partial charge in [0.2, 0.25) is 5.91 Å². The molecule has 0 bridgehead atoms. The van der Waals surface area contributed by atoms with Crippen LogP contribution in [0.5, 0.6) is 0 Å². The van der Waals surface area contributed by atoms with E-state index in [1.165, 1.54) is 11.3 Å². The average molecular weight is 337 g/mol. The minimum atomic E-state index is -0.608. The quantitative estimate of drug-likeness (QED) is 0.927. The van der Waals surface area contributed by atoms with E-state index in [4.69, 9.17) is 16.3 Å². The number of halogens is 1. The third kappa shape index (κ3) is 3.02. The van der Waals surface area contributed by atoms with Crippen LogP contribution in [0.4, 0.5) is 5.13 Å². The van der Waals surface area contributed by atoms with Crippen molar-refractivity contribution in [3.63, 3.8) is 0 Å². The molecular weight excluding hydrogens is 320 g/mol. The number of carbonyl (C=O) groups is 1. The first kappa shape index (κ1) is 15.5. The van der Waals surface area contributed by atoms with Crippen LogP contribution in [-0.4, -0.2) is 24.1 Å². The fraction of sp³-hybridized carbons (Fsp3) is 0.375. The van der Waals surface area contributed by atoms with Crippen LogP contribution in [0.3, 0.4) is 0 Å². The zero-order valence-corrected chi connectivity index (χ0v) is 13.8. The number of aryl methyl sites for hydroxylation is 1. The Morgan fingerprint density at radius 2 is 2.18 bits per heavy atom. The summed E-state index contributed by atoms with van der Waals surface area (Å²) in [4.78, 5) is 18.3. The first-order valence-electron chi connectivity index (χ1n) is 7.18. The molecule has 6 heteroatoms. The highest BCUT2D eigenvalue weighted by molar-refractivity contribution is 7.15. The van der Waals surface area contributed by atoms with Crippen molar-refractivity contribution in [1.82, 2.24) is 4.98 Å². The van der Waals surface area contributed by atoms with Gasteiger partial charge in [-0.3, -0.25) is 4.79 Å². The normalized spacial score (nSPS) is 17.2. The second-order valence-corrected chi connectivity index (χ2v) is 7.11. The molecule has 0 saturated carbocycles. The zero-order valence-electron chi connectivity index (χ0n) is 12.3. The number of anilines is 1. The number of ether oxygens (including phenoxy) is 1. The summed E-state index contributed by atoms with van der Waals surface area (Å²) in [6, 6.07) is 7.54. The highest BCUT2D eigenvalue weighted by Gasteiger charge is 2.42. The maximum absolute atomic E-state index is 13.0. The molecule has 1 saturated heterocycles. The van der Waals surface area contributed by atoms with E-state index in [2.05, 4.69) is 10.3 Å². The number of nitrogens with zero attached hydrogens (tertiary/aromatic N) is 1. The lowest BCUT2D eigenvalue weighted by Gasteiger charge is -2.36. The molecule has 1 aliphatic heterocycles. The minimum absolute atomic E-state index is 0.0348. The van der Waals surface area contributed by atoms with E-state index in [1.807, 2.05) is 31.2 Å². The monoisotopic (exact) mass is 336 g/mol. The molecule has 2 aromatic rings. The molecule has 22 heavy (non-hydrogen) atoms. The van der Waals surface area contributed by atoms with Crippen LogP contribution in [0.15, 0.2) is 30.5 Å². The highest BCUT2D eigenvalue weighted by Crippen LogP contribution is 2.37. The van der Waals surface area contributed by atoms with Gasteiger partial charge < -0.3 is 10.1 Å². The Labute approximate surface area is 138 Å². The minimum Gasteiger partial charge on any atom is -0.381 e. The molecular formula is C16H17ClN2O2S. The van der Waals surface area contributed by atoms with E-state index in [0.29, 0.717) is 36.2 Å². The van der Waals surface area contributed by atoms with E-state index in [9.17, 15) is 4.79 Å². The smallest absolute Gasteiger partial charge is 0.236 e. The Hall–Kier alpha value is -1.43. The van der Waals surface area contributed by atoms with Crippen LogP contribution >= 0.6 is 22.9 Å². The third-order valence-electron chi connectivity index (χ3n) is 4.00. The second-order valence-electron chi connectivity index (χ2n) is 5.44. The number of rotatable bonds is 3. The maximum Gasteiger partial charge on any atom is 0.236 e. The summed E-state index contributed by atoms with van der Waals surface area (Å²) < 4.78 is 5.45. The second kappa shape index (κ2) is 6.36. The Bertz CT molecular complexity index is 680. The SMILES string of the molecule is Cc1cnc(NC(=O)C2(c3cccc(Cl)c3)CCOCC2)s1. The number of hydrogen-bond acceptors (Lipinski definition) is 4. The lowest BCUT2D eigenvalue weighted by Crippen LogP contribution is -2.44. The lowest BCUT2D eigenvalue weighted by atomic mass is 9.73. The number of aromatic nitrogens is 1. The van der Waals surface area contributed by atoms with Gasteiger partial charge in [-0.25, -0.2) is 4.98 Å². The summed E-state index contributed by atoms with van der Waals surface area (Å²) >= 11 is 7.60. The van der Waals surface area contributed by atoms with Crippen molar-refractivity contribution < 1.29 is 9.53 Å². The van der Waals surface area contributed by atoms with Gasteiger partial charge in [0, 0.05) is 29.3 Å². The topological polar surface area (TPSA) is 51.2 Å². The van der Waals surface area contributed by atoms with Crippen LogP contribution in [0, 0.1) is 6.92 Å². The van der Waals surface area contributed by atoms with Crippen LogP contribution in [0.2, 0.25) is 5.02 Å². The molecule has 3 rings (SSSR count). The molecule has 0 atom stereocenters. The van der Waals surface area contributed by atoms with Gasteiger partial charge >= 0.3 is 0 Å². The molecule has 1 N–H and O–H groups in total. The predicted octanol–water partition coefficient (Wildman–Crippen LogP) is 3.79. The van der Waals surface area contributed by atoms with Gasteiger partial charge in [-0.2, -0.15) is 0 Å². The molecule has 1 aromatic carbocycles. The molecule has 1 fully saturated rings. The maximum atomic E-state index is 13.0. The van der Waals surface area contributed by atoms with E-state index < -0.39 is 5.41 Å². The van der Waals surface area contributed by atoms with Gasteiger partial charge in [0.1, 0.15) is 0 Å². The molecule has 4 nitrogen and oxygen atoms in total. The van der Waals surface area contributed by atoms with Crippen LogP contribution in [0.1, 0.15) is 23.3 Å². The molecule has 0 aliphatic carbocycles. The van der Waals surface area contributed by atoms with E-state index in [1.54, 1.807) is 6.20 Å². The first-order chi connectivity index (χ1) is 10.6. The molecule has 116 valence electrons. The Kier molecular flexibility index (Phi) is 4.47. The Morgan fingerprint density at radius 3 is 2.82 bits per heavy atom. The van der Waals surface area contributed by atoms with Crippen molar-refractivity contribution >= 4 is 34.0 Å². The third-order valence-corrected chi connectivity index (χ3v) is 5.06. The van der Waals surface area contributed by atoms with Crippen molar-refractivity contribution in [3.8, 4) is 0 Å². The summed E-state index contributed by atoms with van der Waals surface area (Å²) in [6.07, 6.45) is 3.05. The molecule has 0 unspecified atom stereocenters. The standard InChI is InChI=1S/C16H17ClN2O2S/c1-11-10-18-15(22-11)19-14(20)16(5-7-21-8-6-16)12-3-2-4-13(17)9-12/h2-4,9-10H,5-8H2,1H3,(H,18,19,20). The molecule has 1 aliphatic rings.